The first-order valence-electron chi connectivity index (χ1n) is 6.32. The summed E-state index contributed by atoms with van der Waals surface area (Å²) in [6.45, 7) is 1.86. The number of hydrogen-bond acceptors (Lipinski definition) is 4. The summed E-state index contributed by atoms with van der Waals surface area (Å²) < 4.78 is 5.14. The maximum atomic E-state index is 5.14. The van der Waals surface area contributed by atoms with Crippen molar-refractivity contribution in [3.63, 3.8) is 0 Å². The second kappa shape index (κ2) is 6.79. The van der Waals surface area contributed by atoms with Crippen molar-refractivity contribution in [2.45, 2.75) is 19.3 Å². The van der Waals surface area contributed by atoms with Crippen molar-refractivity contribution in [3.05, 3.63) is 42.1 Å². The Balaban J connectivity index is 1.65. The smallest absolute Gasteiger partial charge is 0.118 e. The highest BCUT2D eigenvalue weighted by atomic mass is 16.5. The fourth-order valence-corrected chi connectivity index (χ4v) is 1.91. The van der Waals surface area contributed by atoms with Crippen LogP contribution in [0.2, 0.25) is 0 Å². The van der Waals surface area contributed by atoms with E-state index in [4.69, 9.17) is 4.74 Å². The lowest BCUT2D eigenvalue weighted by Crippen LogP contribution is -2.19. The molecule has 4 heteroatoms. The van der Waals surface area contributed by atoms with E-state index in [2.05, 4.69) is 22.5 Å². The van der Waals surface area contributed by atoms with Gasteiger partial charge in [-0.1, -0.05) is 17.4 Å². The third-order valence-electron chi connectivity index (χ3n) is 2.96. The van der Waals surface area contributed by atoms with E-state index in [9.17, 15) is 0 Å². The van der Waals surface area contributed by atoms with Crippen molar-refractivity contribution in [1.82, 2.24) is 5.01 Å². The number of hydrogen-bond donors (Lipinski definition) is 0. The third-order valence-corrected chi connectivity index (χ3v) is 2.96. The number of unbranched alkanes of at least 4 members (excludes halogenated alkanes) is 1. The van der Waals surface area contributed by atoms with Gasteiger partial charge < -0.3 is 4.74 Å². The first-order valence-corrected chi connectivity index (χ1v) is 6.32. The van der Waals surface area contributed by atoms with Gasteiger partial charge in [-0.2, -0.15) is 0 Å². The first-order chi connectivity index (χ1) is 8.88. The molecule has 0 fully saturated rings. The average Bonchev–Trinajstić information content (AvgIpc) is 2.45. The SMILES string of the molecule is COc1ccc(CCCCN2CC=CN=N2)cc1. The van der Waals surface area contributed by atoms with E-state index in [0.717, 1.165) is 31.7 Å². The van der Waals surface area contributed by atoms with E-state index in [1.807, 2.05) is 23.2 Å². The van der Waals surface area contributed by atoms with Gasteiger partial charge >= 0.3 is 0 Å². The van der Waals surface area contributed by atoms with E-state index in [1.165, 1.54) is 12.0 Å². The molecule has 1 aromatic carbocycles. The minimum Gasteiger partial charge on any atom is -0.497 e. The topological polar surface area (TPSA) is 37.2 Å². The molecule has 0 spiro atoms. The summed E-state index contributed by atoms with van der Waals surface area (Å²) >= 11 is 0. The van der Waals surface area contributed by atoms with Crippen molar-refractivity contribution in [2.75, 3.05) is 20.2 Å². The lowest BCUT2D eigenvalue weighted by atomic mass is 10.1. The lowest BCUT2D eigenvalue weighted by Gasteiger charge is -2.16. The summed E-state index contributed by atoms with van der Waals surface area (Å²) in [5.41, 5.74) is 1.36. The number of nitrogens with zero attached hydrogens (tertiary/aromatic N) is 3. The molecule has 0 radical (unpaired) electrons. The predicted molar refractivity (Wildman–Crippen MR) is 71.5 cm³/mol. The highest BCUT2D eigenvalue weighted by molar-refractivity contribution is 5.27. The van der Waals surface area contributed by atoms with Gasteiger partial charge in [-0.05, 0) is 43.0 Å². The van der Waals surface area contributed by atoms with Crippen LogP contribution in [0, 0.1) is 0 Å². The molecule has 2 rings (SSSR count). The van der Waals surface area contributed by atoms with Crippen LogP contribution in [-0.4, -0.2) is 25.2 Å². The van der Waals surface area contributed by atoms with Gasteiger partial charge in [0.2, 0.25) is 0 Å². The number of methoxy groups -OCH3 is 1. The van der Waals surface area contributed by atoms with E-state index in [-0.39, 0.29) is 0 Å². The quantitative estimate of drug-likeness (QED) is 0.722. The van der Waals surface area contributed by atoms with Crippen LogP contribution in [-0.2, 0) is 6.42 Å². The molecule has 1 aliphatic rings. The molecule has 1 aromatic rings. The molecule has 96 valence electrons. The second-order valence-electron chi connectivity index (χ2n) is 4.31. The van der Waals surface area contributed by atoms with E-state index in [0.29, 0.717) is 0 Å². The monoisotopic (exact) mass is 245 g/mol. The van der Waals surface area contributed by atoms with Crippen molar-refractivity contribution in [2.24, 2.45) is 10.3 Å². The Hall–Kier alpha value is -1.84. The largest absolute Gasteiger partial charge is 0.497 e. The fourth-order valence-electron chi connectivity index (χ4n) is 1.91. The highest BCUT2D eigenvalue weighted by Crippen LogP contribution is 2.13. The zero-order chi connectivity index (χ0) is 12.6. The molecule has 0 N–H and O–H groups in total. The van der Waals surface area contributed by atoms with Gasteiger partial charge in [0.05, 0.1) is 13.7 Å². The number of ether oxygens (including phenoxy) is 1. The number of aryl methyl sites for hydroxylation is 1. The summed E-state index contributed by atoms with van der Waals surface area (Å²) in [5, 5.41) is 9.92. The van der Waals surface area contributed by atoms with Gasteiger partial charge in [0, 0.05) is 12.7 Å². The average molecular weight is 245 g/mol. The standard InChI is InChI=1S/C14H19N3O/c1-18-14-8-6-13(7-9-14)5-2-3-11-17-12-4-10-15-16-17/h4,6-10H,2-3,5,11-12H2,1H3. The van der Waals surface area contributed by atoms with Gasteiger partial charge in [0.25, 0.3) is 0 Å². The van der Waals surface area contributed by atoms with Crippen LogP contribution in [0.4, 0.5) is 0 Å². The molecule has 0 aromatic heterocycles. The zero-order valence-corrected chi connectivity index (χ0v) is 10.7. The molecule has 0 saturated heterocycles. The Kier molecular flexibility index (Phi) is 4.76. The highest BCUT2D eigenvalue weighted by Gasteiger charge is 2.01. The maximum absolute atomic E-state index is 5.14. The van der Waals surface area contributed by atoms with Crippen LogP contribution in [0.3, 0.4) is 0 Å². The van der Waals surface area contributed by atoms with Crippen molar-refractivity contribution < 1.29 is 4.74 Å². The first kappa shape index (κ1) is 12.6. The van der Waals surface area contributed by atoms with Gasteiger partial charge in [0.15, 0.2) is 0 Å². The van der Waals surface area contributed by atoms with Crippen LogP contribution in [0.1, 0.15) is 18.4 Å². The van der Waals surface area contributed by atoms with Crippen LogP contribution >= 0.6 is 0 Å². The van der Waals surface area contributed by atoms with Gasteiger partial charge in [0.1, 0.15) is 5.75 Å². The van der Waals surface area contributed by atoms with Crippen LogP contribution < -0.4 is 4.74 Å². The summed E-state index contributed by atoms with van der Waals surface area (Å²) in [7, 11) is 1.69. The van der Waals surface area contributed by atoms with Crippen LogP contribution in [0.25, 0.3) is 0 Å². The molecule has 1 aliphatic heterocycles. The Morgan fingerprint density at radius 2 is 2.06 bits per heavy atom. The van der Waals surface area contributed by atoms with E-state index < -0.39 is 0 Å². The summed E-state index contributed by atoms with van der Waals surface area (Å²) in [6, 6.07) is 8.28. The molecule has 0 unspecified atom stereocenters. The van der Waals surface area contributed by atoms with Crippen LogP contribution in [0.15, 0.2) is 46.9 Å². The van der Waals surface area contributed by atoms with Crippen molar-refractivity contribution >= 4 is 0 Å². The minimum atomic E-state index is 0.881. The zero-order valence-electron chi connectivity index (χ0n) is 10.7. The van der Waals surface area contributed by atoms with E-state index in [1.54, 1.807) is 13.3 Å². The molecule has 0 amide bonds. The Morgan fingerprint density at radius 3 is 2.72 bits per heavy atom. The molecular weight excluding hydrogens is 226 g/mol. The van der Waals surface area contributed by atoms with E-state index >= 15 is 0 Å². The number of rotatable bonds is 6. The van der Waals surface area contributed by atoms with Gasteiger partial charge in [-0.25, -0.2) is 0 Å². The normalized spacial score (nSPS) is 13.9. The molecular formula is C14H19N3O. The molecule has 0 atom stereocenters. The number of benzene rings is 1. The second-order valence-corrected chi connectivity index (χ2v) is 4.31. The van der Waals surface area contributed by atoms with Crippen LogP contribution in [0.5, 0.6) is 5.75 Å². The molecule has 0 aliphatic carbocycles. The maximum Gasteiger partial charge on any atom is 0.118 e. The molecule has 0 saturated carbocycles. The summed E-state index contributed by atoms with van der Waals surface area (Å²) in [5.74, 6) is 0.916. The molecule has 0 bridgehead atoms. The fraction of sp³-hybridized carbons (Fsp3) is 0.429. The van der Waals surface area contributed by atoms with Crippen molar-refractivity contribution in [1.29, 1.82) is 0 Å². The Labute approximate surface area is 108 Å². The molecule has 4 nitrogen and oxygen atoms in total. The van der Waals surface area contributed by atoms with Gasteiger partial charge in [-0.15, -0.1) is 5.11 Å². The summed E-state index contributed by atoms with van der Waals surface area (Å²) in [4.78, 5) is 0. The minimum absolute atomic E-state index is 0.881. The summed E-state index contributed by atoms with van der Waals surface area (Å²) in [6.07, 6.45) is 7.18. The molecule has 18 heavy (non-hydrogen) atoms. The van der Waals surface area contributed by atoms with Gasteiger partial charge in [-0.3, -0.25) is 5.01 Å². The third kappa shape index (κ3) is 3.87. The Morgan fingerprint density at radius 1 is 1.22 bits per heavy atom. The molecule has 1 heterocycles. The Bertz CT molecular complexity index is 412. The predicted octanol–water partition coefficient (Wildman–Crippen LogP) is 3.21. The van der Waals surface area contributed by atoms with Crippen molar-refractivity contribution in [3.8, 4) is 5.75 Å². The lowest BCUT2D eigenvalue weighted by molar-refractivity contribution is 0.285.